The number of carbonyl (C=O) groups is 1. The number of H-pyrrole nitrogens is 1. The topological polar surface area (TPSA) is 85.4 Å². The second-order valence-electron chi connectivity index (χ2n) is 5.76. The van der Waals surface area contributed by atoms with Gasteiger partial charge >= 0.3 is 6.18 Å². The molecule has 1 aromatic carbocycles. The summed E-state index contributed by atoms with van der Waals surface area (Å²) in [7, 11) is 0. The van der Waals surface area contributed by atoms with Crippen molar-refractivity contribution < 1.29 is 23.1 Å². The molecule has 1 amide bonds. The van der Waals surface area contributed by atoms with E-state index in [-0.39, 0.29) is 5.56 Å². The SMILES string of the molecule is O=C(C(O)c1cccc(C(F)(F)F)c1)N1CCN(c2n[nH]c(Br)n2)CC1. The van der Waals surface area contributed by atoms with Crippen LogP contribution in [-0.2, 0) is 11.0 Å². The van der Waals surface area contributed by atoms with Gasteiger partial charge in [0.2, 0.25) is 5.95 Å². The van der Waals surface area contributed by atoms with Gasteiger partial charge in [-0.3, -0.25) is 9.89 Å². The van der Waals surface area contributed by atoms with Crippen LogP contribution in [0.2, 0.25) is 0 Å². The Labute approximate surface area is 154 Å². The van der Waals surface area contributed by atoms with Crippen molar-refractivity contribution in [2.75, 3.05) is 31.1 Å². The number of alkyl halides is 3. The molecule has 3 rings (SSSR count). The predicted octanol–water partition coefficient (Wildman–Crippen LogP) is 1.97. The molecular weight excluding hydrogens is 419 g/mol. The molecular formula is C15H15BrF3N5O2. The van der Waals surface area contributed by atoms with E-state index in [0.717, 1.165) is 12.1 Å². The first kappa shape index (κ1) is 18.6. The monoisotopic (exact) mass is 433 g/mol. The number of carbonyl (C=O) groups excluding carboxylic acids is 1. The molecule has 1 unspecified atom stereocenters. The Hall–Kier alpha value is -2.14. The van der Waals surface area contributed by atoms with Gasteiger partial charge in [0.25, 0.3) is 5.91 Å². The summed E-state index contributed by atoms with van der Waals surface area (Å²) in [6.07, 6.45) is -6.17. The molecule has 1 aliphatic rings. The van der Waals surface area contributed by atoms with E-state index < -0.39 is 23.8 Å². The van der Waals surface area contributed by atoms with Crippen molar-refractivity contribution in [3.8, 4) is 0 Å². The molecule has 1 aliphatic heterocycles. The van der Waals surface area contributed by atoms with Gasteiger partial charge in [-0.1, -0.05) is 12.1 Å². The number of hydrogen-bond acceptors (Lipinski definition) is 5. The summed E-state index contributed by atoms with van der Waals surface area (Å²) in [5.74, 6) is -0.137. The fourth-order valence-electron chi connectivity index (χ4n) is 2.70. The van der Waals surface area contributed by atoms with Crippen LogP contribution in [0.4, 0.5) is 19.1 Å². The van der Waals surface area contributed by atoms with Gasteiger partial charge < -0.3 is 14.9 Å². The van der Waals surface area contributed by atoms with Crippen molar-refractivity contribution in [3.05, 3.63) is 40.1 Å². The van der Waals surface area contributed by atoms with Gasteiger partial charge in [-0.2, -0.15) is 18.2 Å². The minimum Gasteiger partial charge on any atom is -0.378 e. The van der Waals surface area contributed by atoms with Gasteiger partial charge in [0.1, 0.15) is 0 Å². The first-order valence-electron chi connectivity index (χ1n) is 7.72. The van der Waals surface area contributed by atoms with Crippen LogP contribution in [0.15, 0.2) is 29.0 Å². The van der Waals surface area contributed by atoms with E-state index in [1.165, 1.54) is 17.0 Å². The van der Waals surface area contributed by atoms with Crippen LogP contribution in [0, 0.1) is 0 Å². The summed E-state index contributed by atoms with van der Waals surface area (Å²) < 4.78 is 38.9. The van der Waals surface area contributed by atoms with E-state index in [1.807, 2.05) is 4.90 Å². The van der Waals surface area contributed by atoms with Crippen LogP contribution in [0.3, 0.4) is 0 Å². The number of halogens is 4. The molecule has 2 heterocycles. The smallest absolute Gasteiger partial charge is 0.378 e. The zero-order valence-corrected chi connectivity index (χ0v) is 15.0. The number of aliphatic hydroxyl groups is 1. The van der Waals surface area contributed by atoms with Crippen LogP contribution in [0.25, 0.3) is 0 Å². The van der Waals surface area contributed by atoms with E-state index in [0.29, 0.717) is 36.9 Å². The highest BCUT2D eigenvalue weighted by molar-refractivity contribution is 9.10. The van der Waals surface area contributed by atoms with Crippen molar-refractivity contribution in [2.45, 2.75) is 12.3 Å². The van der Waals surface area contributed by atoms with Crippen LogP contribution in [-0.4, -0.2) is 57.3 Å². The Kier molecular flexibility index (Phi) is 5.19. The molecule has 11 heteroatoms. The maximum absolute atomic E-state index is 12.8. The van der Waals surface area contributed by atoms with E-state index in [9.17, 15) is 23.1 Å². The fourth-order valence-corrected chi connectivity index (χ4v) is 2.95. The molecule has 2 aromatic rings. The van der Waals surface area contributed by atoms with Gasteiger partial charge in [-0.25, -0.2) is 0 Å². The summed E-state index contributed by atoms with van der Waals surface area (Å²) in [5, 5.41) is 16.9. The van der Waals surface area contributed by atoms with Gasteiger partial charge in [-0.05, 0) is 33.6 Å². The van der Waals surface area contributed by atoms with Gasteiger partial charge in [0.05, 0.1) is 5.56 Å². The molecule has 2 N–H and O–H groups in total. The second-order valence-corrected chi connectivity index (χ2v) is 6.52. The Balaban J connectivity index is 1.65. The highest BCUT2D eigenvalue weighted by atomic mass is 79.9. The third kappa shape index (κ3) is 3.98. The van der Waals surface area contributed by atoms with Crippen molar-refractivity contribution in [2.24, 2.45) is 0 Å². The highest BCUT2D eigenvalue weighted by Crippen LogP contribution is 2.31. The molecule has 26 heavy (non-hydrogen) atoms. The minimum atomic E-state index is -4.53. The Morgan fingerprint density at radius 1 is 1.27 bits per heavy atom. The molecule has 0 bridgehead atoms. The maximum Gasteiger partial charge on any atom is 0.416 e. The van der Waals surface area contributed by atoms with Crippen molar-refractivity contribution in [1.82, 2.24) is 20.1 Å². The Bertz CT molecular complexity index is 790. The molecule has 0 radical (unpaired) electrons. The number of anilines is 1. The molecule has 0 aliphatic carbocycles. The number of benzene rings is 1. The van der Waals surface area contributed by atoms with Crippen molar-refractivity contribution in [3.63, 3.8) is 0 Å². The third-order valence-electron chi connectivity index (χ3n) is 4.08. The number of aromatic amines is 1. The number of nitrogens with zero attached hydrogens (tertiary/aromatic N) is 4. The fraction of sp³-hybridized carbons (Fsp3) is 0.400. The van der Waals surface area contributed by atoms with Crippen LogP contribution >= 0.6 is 15.9 Å². The average Bonchev–Trinajstić information content (AvgIpc) is 3.06. The third-order valence-corrected chi connectivity index (χ3v) is 4.44. The number of amides is 1. The summed E-state index contributed by atoms with van der Waals surface area (Å²) in [4.78, 5) is 19.9. The van der Waals surface area contributed by atoms with E-state index in [1.54, 1.807) is 0 Å². The summed E-state index contributed by atoms with van der Waals surface area (Å²) in [6.45, 7) is 1.51. The second kappa shape index (κ2) is 7.23. The summed E-state index contributed by atoms with van der Waals surface area (Å²) in [5.41, 5.74) is -0.980. The first-order valence-corrected chi connectivity index (χ1v) is 8.52. The summed E-state index contributed by atoms with van der Waals surface area (Å²) >= 11 is 3.16. The number of piperazine rings is 1. The summed E-state index contributed by atoms with van der Waals surface area (Å²) in [6, 6.07) is 4.17. The zero-order valence-electron chi connectivity index (χ0n) is 13.4. The number of aliphatic hydroxyl groups excluding tert-OH is 1. The van der Waals surface area contributed by atoms with E-state index in [2.05, 4.69) is 31.1 Å². The lowest BCUT2D eigenvalue weighted by molar-refractivity contribution is -0.142. The molecule has 1 saturated heterocycles. The largest absolute Gasteiger partial charge is 0.416 e. The molecule has 0 spiro atoms. The molecule has 1 aromatic heterocycles. The average molecular weight is 434 g/mol. The maximum atomic E-state index is 12.8. The van der Waals surface area contributed by atoms with Gasteiger partial charge in [0, 0.05) is 26.2 Å². The lowest BCUT2D eigenvalue weighted by Crippen LogP contribution is -2.50. The van der Waals surface area contributed by atoms with E-state index >= 15 is 0 Å². The standard InChI is InChI=1S/C15H15BrF3N5O2/c16-13-20-14(22-21-13)24-6-4-23(5-7-24)12(26)11(25)9-2-1-3-10(8-9)15(17,18)19/h1-3,8,11,25H,4-7H2,(H,20,21,22). The van der Waals surface area contributed by atoms with Crippen LogP contribution in [0.1, 0.15) is 17.2 Å². The van der Waals surface area contributed by atoms with Crippen LogP contribution < -0.4 is 4.90 Å². The Morgan fingerprint density at radius 2 is 1.96 bits per heavy atom. The quantitative estimate of drug-likeness (QED) is 0.772. The van der Waals surface area contributed by atoms with Gasteiger partial charge in [0.15, 0.2) is 10.8 Å². The Morgan fingerprint density at radius 3 is 2.54 bits per heavy atom. The molecule has 7 nitrogen and oxygen atoms in total. The van der Waals surface area contributed by atoms with Gasteiger partial charge in [-0.15, -0.1) is 5.10 Å². The lowest BCUT2D eigenvalue weighted by Gasteiger charge is -2.35. The zero-order chi connectivity index (χ0) is 18.9. The molecule has 0 saturated carbocycles. The van der Waals surface area contributed by atoms with Crippen molar-refractivity contribution >= 4 is 27.8 Å². The molecule has 1 atom stereocenters. The predicted molar refractivity (Wildman–Crippen MR) is 89.3 cm³/mol. The normalized spacial score (nSPS) is 16.7. The lowest BCUT2D eigenvalue weighted by atomic mass is 10.0. The van der Waals surface area contributed by atoms with Crippen LogP contribution in [0.5, 0.6) is 0 Å². The first-order chi connectivity index (χ1) is 12.3. The van der Waals surface area contributed by atoms with Crippen molar-refractivity contribution in [1.29, 1.82) is 0 Å². The highest BCUT2D eigenvalue weighted by Gasteiger charge is 2.33. The number of aromatic nitrogens is 3. The molecule has 140 valence electrons. The number of nitrogens with one attached hydrogen (secondary N) is 1. The number of rotatable bonds is 3. The minimum absolute atomic E-state index is 0.0786. The number of hydrogen-bond donors (Lipinski definition) is 2. The molecule has 1 fully saturated rings. The van der Waals surface area contributed by atoms with E-state index in [4.69, 9.17) is 0 Å².